The first-order chi connectivity index (χ1) is 13.4. The molecule has 0 unspecified atom stereocenters. The predicted octanol–water partition coefficient (Wildman–Crippen LogP) is 4.61. The van der Waals surface area contributed by atoms with E-state index in [0.29, 0.717) is 22.6 Å². The Morgan fingerprint density at radius 1 is 1.00 bits per heavy atom. The van der Waals surface area contributed by atoms with E-state index in [9.17, 15) is 10.2 Å². The molecule has 0 bridgehead atoms. The minimum Gasteiger partial charge on any atom is -0.513 e. The smallest absolute Gasteiger partial charge is 0.180 e. The van der Waals surface area contributed by atoms with Gasteiger partial charge in [0.2, 0.25) is 0 Å². The number of aromatic nitrogens is 2. The van der Waals surface area contributed by atoms with Gasteiger partial charge in [0.25, 0.3) is 0 Å². The van der Waals surface area contributed by atoms with E-state index in [4.69, 9.17) is 9.98 Å². The van der Waals surface area contributed by atoms with Gasteiger partial charge in [0.1, 0.15) is 17.1 Å². The molecule has 1 aromatic heterocycles. The van der Waals surface area contributed by atoms with E-state index >= 15 is 0 Å². The Morgan fingerprint density at radius 3 is 2.24 bits per heavy atom. The van der Waals surface area contributed by atoms with Gasteiger partial charge in [0.15, 0.2) is 5.49 Å². The molecule has 1 radical (unpaired) electrons. The molecule has 0 aliphatic carbocycles. The van der Waals surface area contributed by atoms with Gasteiger partial charge >= 0.3 is 0 Å². The van der Waals surface area contributed by atoms with Crippen molar-refractivity contribution in [3.63, 3.8) is 0 Å². The topological polar surface area (TPSA) is 75.0 Å². The molecular weight excluding hydrogens is 411 g/mol. The third-order valence-corrected chi connectivity index (χ3v) is 4.36. The standard InChI is InChI=1S/C22H24N4O2.Co/c1-15(14-16(2)27)23-21-17(3)25(4)26(18-10-6-5-7-11-18)22(21)24-19-12-8-9-13-20(19)28;/h5-14,27-28H,1-4H3;/b16-14-,23-15?,24-22?;. The Bertz CT molecular complexity index is 1120. The molecule has 0 saturated carbocycles. The molecule has 1 heterocycles. The second kappa shape index (κ2) is 9.44. The predicted molar refractivity (Wildman–Crippen MR) is 112 cm³/mol. The number of benzene rings is 2. The maximum atomic E-state index is 10.2. The number of phenols is 1. The SMILES string of the molecule is CC(/C=C(/C)O)=Nc1c(C)n(C)n(-c2ccccc2)c1=Nc1ccccc1O.[Co]. The number of allylic oxidation sites excluding steroid dienone is 2. The molecule has 7 heteroatoms. The van der Waals surface area contributed by atoms with Gasteiger partial charge in [-0.2, -0.15) is 0 Å². The molecule has 0 fully saturated rings. The second-order valence-electron chi connectivity index (χ2n) is 6.57. The van der Waals surface area contributed by atoms with Crippen molar-refractivity contribution in [1.82, 2.24) is 9.36 Å². The van der Waals surface area contributed by atoms with Crippen LogP contribution in [0.1, 0.15) is 19.5 Å². The summed E-state index contributed by atoms with van der Waals surface area (Å²) in [7, 11) is 1.94. The average molecular weight is 435 g/mol. The summed E-state index contributed by atoms with van der Waals surface area (Å²) in [6.45, 7) is 5.39. The third kappa shape index (κ3) is 4.88. The third-order valence-electron chi connectivity index (χ3n) is 4.36. The van der Waals surface area contributed by atoms with E-state index in [2.05, 4.69) is 0 Å². The maximum absolute atomic E-state index is 10.2. The molecule has 3 rings (SSSR count). The minimum atomic E-state index is 0. The van der Waals surface area contributed by atoms with Crippen LogP contribution in [-0.4, -0.2) is 25.3 Å². The zero-order valence-corrected chi connectivity index (χ0v) is 17.8. The van der Waals surface area contributed by atoms with Crippen LogP contribution in [0.25, 0.3) is 5.69 Å². The van der Waals surface area contributed by atoms with Crippen LogP contribution in [0.4, 0.5) is 11.4 Å². The van der Waals surface area contributed by atoms with Gasteiger partial charge in [-0.3, -0.25) is 4.68 Å². The number of aliphatic hydroxyl groups excluding tert-OH is 1. The van der Waals surface area contributed by atoms with Crippen LogP contribution in [0.5, 0.6) is 5.75 Å². The van der Waals surface area contributed by atoms with Crippen molar-refractivity contribution in [3.8, 4) is 11.4 Å². The Labute approximate surface area is 180 Å². The van der Waals surface area contributed by atoms with Crippen molar-refractivity contribution in [1.29, 1.82) is 0 Å². The number of nitrogens with zero attached hydrogens (tertiary/aromatic N) is 4. The quantitative estimate of drug-likeness (QED) is 0.464. The summed E-state index contributed by atoms with van der Waals surface area (Å²) in [5.41, 5.74) is 4.21. The van der Waals surface area contributed by atoms with E-state index in [1.54, 1.807) is 31.2 Å². The van der Waals surface area contributed by atoms with Gasteiger partial charge in [0.05, 0.1) is 17.1 Å². The molecule has 0 spiro atoms. The van der Waals surface area contributed by atoms with E-state index in [-0.39, 0.29) is 28.3 Å². The molecule has 2 N–H and O–H groups in total. The van der Waals surface area contributed by atoms with Gasteiger partial charge in [-0.1, -0.05) is 30.3 Å². The van der Waals surface area contributed by atoms with Crippen LogP contribution in [0, 0.1) is 6.92 Å². The van der Waals surface area contributed by atoms with Gasteiger partial charge in [-0.05, 0) is 51.1 Å². The molecule has 0 atom stereocenters. The van der Waals surface area contributed by atoms with Gasteiger partial charge in [0, 0.05) is 29.5 Å². The minimum absolute atomic E-state index is 0. The summed E-state index contributed by atoms with van der Waals surface area (Å²) < 4.78 is 3.92. The van der Waals surface area contributed by atoms with Gasteiger partial charge < -0.3 is 10.2 Å². The summed E-state index contributed by atoms with van der Waals surface area (Å²) in [4.78, 5) is 9.43. The van der Waals surface area contributed by atoms with Crippen LogP contribution < -0.4 is 5.49 Å². The molecule has 6 nitrogen and oxygen atoms in total. The normalized spacial score (nSPS) is 12.8. The number of phenolic OH excluding ortho intramolecular Hbond substituents is 1. The number of aliphatic hydroxyl groups is 1. The molecule has 153 valence electrons. The molecule has 0 saturated heterocycles. The Hall–Kier alpha value is -3.03. The zero-order valence-electron chi connectivity index (χ0n) is 16.8. The second-order valence-corrected chi connectivity index (χ2v) is 6.57. The molecule has 2 aromatic carbocycles. The zero-order chi connectivity index (χ0) is 20.3. The van der Waals surface area contributed by atoms with Crippen LogP contribution in [0.3, 0.4) is 0 Å². The van der Waals surface area contributed by atoms with E-state index < -0.39 is 0 Å². The first-order valence-electron chi connectivity index (χ1n) is 8.98. The van der Waals surface area contributed by atoms with Crippen LogP contribution in [0.2, 0.25) is 0 Å². The van der Waals surface area contributed by atoms with Crippen LogP contribution in [0.15, 0.2) is 76.4 Å². The monoisotopic (exact) mass is 435 g/mol. The fourth-order valence-electron chi connectivity index (χ4n) is 2.99. The maximum Gasteiger partial charge on any atom is 0.180 e. The number of aromatic hydroxyl groups is 1. The van der Waals surface area contributed by atoms with Crippen molar-refractivity contribution >= 4 is 17.1 Å². The fourth-order valence-corrected chi connectivity index (χ4v) is 2.99. The molecule has 3 aromatic rings. The summed E-state index contributed by atoms with van der Waals surface area (Å²) in [6, 6.07) is 16.8. The summed E-state index contributed by atoms with van der Waals surface area (Å²) in [5, 5.41) is 19.8. The van der Waals surface area contributed by atoms with Crippen molar-refractivity contribution in [3.05, 3.63) is 77.6 Å². The first-order valence-corrected chi connectivity index (χ1v) is 8.98. The first kappa shape index (κ1) is 22.3. The fraction of sp³-hybridized carbons (Fsp3) is 0.182. The van der Waals surface area contributed by atoms with E-state index in [1.807, 2.05) is 66.7 Å². The number of para-hydroxylation sites is 3. The van der Waals surface area contributed by atoms with Gasteiger partial charge in [-0.15, -0.1) is 0 Å². The van der Waals surface area contributed by atoms with Crippen molar-refractivity contribution in [2.24, 2.45) is 17.0 Å². The number of rotatable bonds is 4. The molecule has 29 heavy (non-hydrogen) atoms. The Balaban J connectivity index is 0.00000300. The largest absolute Gasteiger partial charge is 0.513 e. The molecule has 0 aliphatic heterocycles. The summed E-state index contributed by atoms with van der Waals surface area (Å²) in [6.07, 6.45) is 1.60. The molecule has 0 amide bonds. The Morgan fingerprint density at radius 2 is 1.62 bits per heavy atom. The summed E-state index contributed by atoms with van der Waals surface area (Å²) >= 11 is 0. The Kier molecular flexibility index (Phi) is 7.25. The summed E-state index contributed by atoms with van der Waals surface area (Å²) in [5.74, 6) is 0.284. The van der Waals surface area contributed by atoms with Gasteiger partial charge in [-0.25, -0.2) is 14.7 Å². The number of hydrogen-bond donors (Lipinski definition) is 2. The van der Waals surface area contributed by atoms with Crippen LogP contribution >= 0.6 is 0 Å². The average Bonchev–Trinajstić information content (AvgIpc) is 2.88. The molecule has 0 aliphatic rings. The molecular formula is C22H24CoN4O2. The van der Waals surface area contributed by atoms with Crippen LogP contribution in [-0.2, 0) is 23.8 Å². The number of aliphatic imine (C=N–C) groups is 1. The van der Waals surface area contributed by atoms with Crippen molar-refractivity contribution in [2.75, 3.05) is 0 Å². The van der Waals surface area contributed by atoms with E-state index in [0.717, 1.165) is 11.4 Å². The van der Waals surface area contributed by atoms with Crippen molar-refractivity contribution < 1.29 is 27.0 Å². The number of hydrogen-bond acceptors (Lipinski definition) is 4. The van der Waals surface area contributed by atoms with E-state index in [1.165, 1.54) is 0 Å². The van der Waals surface area contributed by atoms with Crippen molar-refractivity contribution in [2.45, 2.75) is 20.8 Å².